The van der Waals surface area contributed by atoms with E-state index >= 15 is 0 Å². The molecule has 7 nitrogen and oxygen atoms in total. The fourth-order valence-corrected chi connectivity index (χ4v) is 3.12. The lowest BCUT2D eigenvalue weighted by atomic mass is 10.2. The maximum Gasteiger partial charge on any atom is 0.256 e. The van der Waals surface area contributed by atoms with Crippen LogP contribution in [0.5, 0.6) is 5.88 Å². The van der Waals surface area contributed by atoms with Crippen molar-refractivity contribution in [2.45, 2.75) is 6.42 Å². The van der Waals surface area contributed by atoms with E-state index in [9.17, 15) is 9.59 Å². The van der Waals surface area contributed by atoms with Crippen LogP contribution in [0.2, 0.25) is 0 Å². The first-order chi connectivity index (χ1) is 13.2. The van der Waals surface area contributed by atoms with Crippen molar-refractivity contribution in [3.63, 3.8) is 0 Å². The van der Waals surface area contributed by atoms with Gasteiger partial charge >= 0.3 is 0 Å². The van der Waals surface area contributed by atoms with Gasteiger partial charge in [-0.1, -0.05) is 18.2 Å². The van der Waals surface area contributed by atoms with Crippen LogP contribution in [0.1, 0.15) is 16.8 Å². The second kappa shape index (κ2) is 9.02. The first-order valence-corrected chi connectivity index (χ1v) is 9.04. The Kier molecular flexibility index (Phi) is 6.25. The number of carbonyl (C=O) groups excluding carboxylic acids is 2. The monoisotopic (exact) mass is 368 g/mol. The molecule has 1 fully saturated rings. The number of aromatic nitrogens is 1. The second-order valence-electron chi connectivity index (χ2n) is 6.27. The predicted octanol–water partition coefficient (Wildman–Crippen LogP) is 1.56. The van der Waals surface area contributed by atoms with Crippen molar-refractivity contribution in [1.29, 1.82) is 0 Å². The molecule has 0 aliphatic carbocycles. The number of benzene rings is 1. The van der Waals surface area contributed by atoms with E-state index < -0.39 is 0 Å². The average Bonchev–Trinajstić information content (AvgIpc) is 2.74. The van der Waals surface area contributed by atoms with Crippen LogP contribution >= 0.6 is 0 Å². The predicted molar refractivity (Wildman–Crippen MR) is 103 cm³/mol. The molecule has 3 rings (SSSR count). The molecule has 142 valence electrons. The quantitative estimate of drug-likeness (QED) is 0.838. The number of nitrogens with zero attached hydrogens (tertiary/aromatic N) is 3. The minimum absolute atomic E-state index is 0.0566. The lowest BCUT2D eigenvalue weighted by molar-refractivity contribution is -0.131. The number of amides is 2. The number of pyridine rings is 1. The molecule has 1 aliphatic heterocycles. The molecule has 0 radical (unpaired) electrons. The molecule has 1 aromatic carbocycles. The van der Waals surface area contributed by atoms with E-state index in [4.69, 9.17) is 4.74 Å². The van der Waals surface area contributed by atoms with Gasteiger partial charge in [-0.15, -0.1) is 0 Å². The molecule has 0 unspecified atom stereocenters. The van der Waals surface area contributed by atoms with Crippen LogP contribution in [0.4, 0.5) is 5.69 Å². The Morgan fingerprint density at radius 1 is 1.07 bits per heavy atom. The first-order valence-electron chi connectivity index (χ1n) is 9.04. The molecule has 0 saturated carbocycles. The van der Waals surface area contributed by atoms with Gasteiger partial charge in [0.25, 0.3) is 5.91 Å². The van der Waals surface area contributed by atoms with Gasteiger partial charge in [0.1, 0.15) is 5.56 Å². The maximum atomic E-state index is 12.4. The average molecular weight is 368 g/mol. The van der Waals surface area contributed by atoms with Gasteiger partial charge in [-0.3, -0.25) is 9.59 Å². The van der Waals surface area contributed by atoms with Gasteiger partial charge < -0.3 is 19.9 Å². The van der Waals surface area contributed by atoms with Gasteiger partial charge in [0, 0.05) is 51.0 Å². The van der Waals surface area contributed by atoms with E-state index in [1.165, 1.54) is 12.8 Å². The maximum absolute atomic E-state index is 12.4. The summed E-state index contributed by atoms with van der Waals surface area (Å²) >= 11 is 0. The van der Waals surface area contributed by atoms with Crippen LogP contribution in [0, 0.1) is 0 Å². The van der Waals surface area contributed by atoms with Crippen molar-refractivity contribution in [3.05, 3.63) is 54.2 Å². The first kappa shape index (κ1) is 18.7. The van der Waals surface area contributed by atoms with Crippen molar-refractivity contribution >= 4 is 17.5 Å². The molecule has 2 heterocycles. The Morgan fingerprint density at radius 3 is 2.52 bits per heavy atom. The Bertz CT molecular complexity index is 774. The van der Waals surface area contributed by atoms with E-state index in [0.717, 1.165) is 13.1 Å². The fourth-order valence-electron chi connectivity index (χ4n) is 3.12. The molecule has 2 amide bonds. The molecule has 1 N–H and O–H groups in total. The Balaban J connectivity index is 1.43. The van der Waals surface area contributed by atoms with Gasteiger partial charge in [0.15, 0.2) is 0 Å². The highest BCUT2D eigenvalue weighted by Crippen LogP contribution is 2.16. The van der Waals surface area contributed by atoms with E-state index in [1.807, 2.05) is 23.1 Å². The third-order valence-corrected chi connectivity index (χ3v) is 4.59. The summed E-state index contributed by atoms with van der Waals surface area (Å²) in [5, 5.41) is 2.76. The molecular formula is C20H24N4O3. The van der Waals surface area contributed by atoms with Crippen molar-refractivity contribution < 1.29 is 14.3 Å². The van der Waals surface area contributed by atoms with Gasteiger partial charge in [0.2, 0.25) is 11.8 Å². The normalized spacial score (nSPS) is 14.0. The summed E-state index contributed by atoms with van der Waals surface area (Å²) in [5.41, 5.74) is 1.55. The number of hydrogen-bond donors (Lipinski definition) is 1. The summed E-state index contributed by atoms with van der Waals surface area (Å²) in [5.74, 6) is 0.0428. The number of nitrogens with one attached hydrogen (secondary N) is 1. The summed E-state index contributed by atoms with van der Waals surface area (Å²) in [6.07, 6.45) is 1.84. The Morgan fingerprint density at radius 2 is 1.81 bits per heavy atom. The molecule has 0 spiro atoms. The Hall–Kier alpha value is -3.09. The Labute approximate surface area is 158 Å². The summed E-state index contributed by atoms with van der Waals surface area (Å²) in [6.45, 7) is 3.30. The molecular weight excluding hydrogens is 344 g/mol. The number of piperazine rings is 1. The van der Waals surface area contributed by atoms with Crippen LogP contribution in [0.3, 0.4) is 0 Å². The topological polar surface area (TPSA) is 74.8 Å². The lowest BCUT2D eigenvalue weighted by Crippen LogP contribution is -2.49. The molecule has 1 aromatic heterocycles. The van der Waals surface area contributed by atoms with Crippen LogP contribution < -0.4 is 15.0 Å². The number of carbonyl (C=O) groups is 2. The van der Waals surface area contributed by atoms with E-state index in [1.54, 1.807) is 18.3 Å². The van der Waals surface area contributed by atoms with Crippen molar-refractivity contribution in [1.82, 2.24) is 15.2 Å². The summed E-state index contributed by atoms with van der Waals surface area (Å²) in [4.78, 5) is 32.8. The fraction of sp³-hybridized carbons (Fsp3) is 0.350. The zero-order chi connectivity index (χ0) is 19.1. The number of anilines is 1. The largest absolute Gasteiger partial charge is 0.480 e. The van der Waals surface area contributed by atoms with Crippen molar-refractivity contribution in [3.8, 4) is 5.88 Å². The van der Waals surface area contributed by atoms with Gasteiger partial charge in [-0.25, -0.2) is 4.98 Å². The highest BCUT2D eigenvalue weighted by atomic mass is 16.5. The van der Waals surface area contributed by atoms with Crippen LogP contribution in [-0.2, 0) is 4.79 Å². The number of rotatable bonds is 6. The standard InChI is InChI=1S/C20H24N4O3/c1-27-20-17(8-5-10-22-20)19(26)21-11-9-18(25)24-14-12-23(13-15-24)16-6-3-2-4-7-16/h2-8,10H,9,11-15H2,1H3,(H,21,26). The molecule has 7 heteroatoms. The minimum Gasteiger partial charge on any atom is -0.480 e. The summed E-state index contributed by atoms with van der Waals surface area (Å²) in [7, 11) is 1.47. The smallest absolute Gasteiger partial charge is 0.256 e. The van der Waals surface area contributed by atoms with Crippen molar-refractivity contribution in [2.24, 2.45) is 0 Å². The van der Waals surface area contributed by atoms with E-state index in [2.05, 4.69) is 27.3 Å². The summed E-state index contributed by atoms with van der Waals surface area (Å²) < 4.78 is 5.08. The number of hydrogen-bond acceptors (Lipinski definition) is 5. The molecule has 1 aliphatic rings. The summed E-state index contributed by atoms with van der Waals surface area (Å²) in [6, 6.07) is 13.5. The molecule has 0 bridgehead atoms. The zero-order valence-corrected chi connectivity index (χ0v) is 15.4. The third kappa shape index (κ3) is 4.75. The molecule has 2 aromatic rings. The van der Waals surface area contributed by atoms with Crippen molar-refractivity contribution in [2.75, 3.05) is 44.7 Å². The molecule has 1 saturated heterocycles. The minimum atomic E-state index is -0.290. The van der Waals surface area contributed by atoms with Gasteiger partial charge in [0.05, 0.1) is 7.11 Å². The van der Waals surface area contributed by atoms with Crippen LogP contribution in [0.15, 0.2) is 48.7 Å². The highest BCUT2D eigenvalue weighted by molar-refractivity contribution is 5.96. The van der Waals surface area contributed by atoms with Gasteiger partial charge in [-0.05, 0) is 24.3 Å². The second-order valence-corrected chi connectivity index (χ2v) is 6.27. The van der Waals surface area contributed by atoms with E-state index in [-0.39, 0.29) is 30.7 Å². The van der Waals surface area contributed by atoms with Crippen LogP contribution in [-0.4, -0.2) is 61.5 Å². The zero-order valence-electron chi connectivity index (χ0n) is 15.4. The number of para-hydroxylation sites is 1. The van der Waals surface area contributed by atoms with E-state index in [0.29, 0.717) is 18.7 Å². The molecule has 0 atom stereocenters. The highest BCUT2D eigenvalue weighted by Gasteiger charge is 2.21. The number of ether oxygens (including phenoxy) is 1. The van der Waals surface area contributed by atoms with Crippen LogP contribution in [0.25, 0.3) is 0 Å². The SMILES string of the molecule is COc1ncccc1C(=O)NCCC(=O)N1CCN(c2ccccc2)CC1. The molecule has 27 heavy (non-hydrogen) atoms. The van der Waals surface area contributed by atoms with Gasteiger partial charge in [-0.2, -0.15) is 0 Å². The lowest BCUT2D eigenvalue weighted by Gasteiger charge is -2.36. The third-order valence-electron chi connectivity index (χ3n) is 4.59. The number of methoxy groups -OCH3 is 1.